The summed E-state index contributed by atoms with van der Waals surface area (Å²) in [6.45, 7) is 0. The maximum atomic E-state index is 4.87. The van der Waals surface area contributed by atoms with Crippen LogP contribution in [0.15, 0.2) is 59.0 Å². The number of para-hydroxylation sites is 1. The lowest BCUT2D eigenvalue weighted by atomic mass is 9.78. The molecule has 0 amide bonds. The largest absolute Gasteiger partial charge is 0.309 e. The van der Waals surface area contributed by atoms with E-state index < -0.39 is 0 Å². The van der Waals surface area contributed by atoms with Gasteiger partial charge in [-0.3, -0.25) is 0 Å². The van der Waals surface area contributed by atoms with Crippen molar-refractivity contribution >= 4 is 23.5 Å². The normalized spacial score (nSPS) is 29.0. The number of hydrogen-bond acceptors (Lipinski definition) is 3. The monoisotopic (exact) mass is 302 g/mol. The molecule has 0 saturated heterocycles. The minimum absolute atomic E-state index is 0.431. The van der Waals surface area contributed by atoms with Crippen molar-refractivity contribution in [1.82, 2.24) is 0 Å². The molecule has 4 aliphatic rings. The molecule has 0 bridgehead atoms. The smallest absolute Gasteiger partial charge is 0.150 e. The Morgan fingerprint density at radius 1 is 1.00 bits per heavy atom. The third kappa shape index (κ3) is 1.19. The second-order valence-electron chi connectivity index (χ2n) is 6.42. The molecule has 3 atom stereocenters. The van der Waals surface area contributed by atoms with Gasteiger partial charge in [-0.2, -0.15) is 4.40 Å². The van der Waals surface area contributed by atoms with Crippen LogP contribution in [-0.2, 0) is 0 Å². The van der Waals surface area contributed by atoms with Crippen LogP contribution in [-0.4, -0.2) is 11.2 Å². The Morgan fingerprint density at radius 2 is 1.86 bits per heavy atom. The van der Waals surface area contributed by atoms with Gasteiger partial charge in [0.1, 0.15) is 11.2 Å². The molecule has 0 aromatic heterocycles. The van der Waals surface area contributed by atoms with E-state index in [0.29, 0.717) is 17.2 Å². The molecule has 0 fully saturated rings. The van der Waals surface area contributed by atoms with Crippen molar-refractivity contribution in [1.29, 1.82) is 0 Å². The fourth-order valence-corrected chi connectivity index (χ4v) is 5.65. The Kier molecular flexibility index (Phi) is 2.02. The van der Waals surface area contributed by atoms with Crippen molar-refractivity contribution in [3.8, 4) is 11.1 Å². The number of amidine groups is 1. The van der Waals surface area contributed by atoms with E-state index >= 15 is 0 Å². The third-order valence-electron chi connectivity index (χ3n) is 5.44. The van der Waals surface area contributed by atoms with Crippen LogP contribution < -0.4 is 4.90 Å². The van der Waals surface area contributed by atoms with Gasteiger partial charge in [0.2, 0.25) is 0 Å². The van der Waals surface area contributed by atoms with Gasteiger partial charge in [0.05, 0.1) is 5.69 Å². The zero-order valence-electron chi connectivity index (χ0n) is 11.9. The Bertz CT molecular complexity index is 883. The predicted octanol–water partition coefficient (Wildman–Crippen LogP) is 4.58. The second kappa shape index (κ2) is 3.85. The van der Waals surface area contributed by atoms with Crippen molar-refractivity contribution in [3.63, 3.8) is 0 Å². The maximum absolute atomic E-state index is 4.87. The van der Waals surface area contributed by atoms with Gasteiger partial charge >= 0.3 is 0 Å². The predicted molar refractivity (Wildman–Crippen MR) is 92.3 cm³/mol. The van der Waals surface area contributed by atoms with Gasteiger partial charge in [0.15, 0.2) is 0 Å². The number of hydrogen-bond donors (Lipinski definition) is 0. The molecule has 106 valence electrons. The van der Waals surface area contributed by atoms with Crippen molar-refractivity contribution in [3.05, 3.63) is 65.7 Å². The number of benzene rings is 2. The van der Waals surface area contributed by atoms with Crippen molar-refractivity contribution < 1.29 is 0 Å². The van der Waals surface area contributed by atoms with Gasteiger partial charge in [-0.05, 0) is 23.5 Å². The summed E-state index contributed by atoms with van der Waals surface area (Å²) in [5.74, 6) is 2.37. The number of fused-ring (bicyclic) bond motifs is 6. The highest BCUT2D eigenvalue weighted by atomic mass is 32.2. The first-order chi connectivity index (χ1) is 10.9. The molecule has 1 aliphatic carbocycles. The van der Waals surface area contributed by atoms with Crippen molar-refractivity contribution in [2.45, 2.75) is 17.7 Å². The summed E-state index contributed by atoms with van der Waals surface area (Å²) < 4.78 is 4.87. The molecular formula is C19H14N2S. The lowest BCUT2D eigenvalue weighted by molar-refractivity contribution is 0.505. The van der Waals surface area contributed by atoms with Crippen LogP contribution in [0.2, 0.25) is 0 Å². The van der Waals surface area contributed by atoms with E-state index in [4.69, 9.17) is 4.40 Å². The minimum atomic E-state index is 0.431. The Balaban J connectivity index is 1.74. The van der Waals surface area contributed by atoms with Gasteiger partial charge in [0, 0.05) is 29.0 Å². The molecular weight excluding hydrogens is 288 g/mol. The summed E-state index contributed by atoms with van der Waals surface area (Å²) in [7, 11) is 0. The fourth-order valence-electron chi connectivity index (χ4n) is 4.53. The van der Waals surface area contributed by atoms with Crippen molar-refractivity contribution in [2.24, 2.45) is 10.3 Å². The van der Waals surface area contributed by atoms with Crippen LogP contribution in [0, 0.1) is 5.92 Å². The van der Waals surface area contributed by atoms with E-state index in [9.17, 15) is 0 Å². The molecule has 2 aromatic rings. The average Bonchev–Trinajstić information content (AvgIpc) is 3.21. The summed E-state index contributed by atoms with van der Waals surface area (Å²) >= 11 is 1.76. The maximum Gasteiger partial charge on any atom is 0.150 e. The van der Waals surface area contributed by atoms with Crippen LogP contribution in [0.4, 0.5) is 5.69 Å². The van der Waals surface area contributed by atoms with Crippen LogP contribution in [0.5, 0.6) is 0 Å². The molecule has 3 heterocycles. The van der Waals surface area contributed by atoms with Crippen LogP contribution in [0.1, 0.15) is 23.5 Å². The average molecular weight is 302 g/mol. The van der Waals surface area contributed by atoms with E-state index in [2.05, 4.69) is 59.5 Å². The topological polar surface area (TPSA) is 15.6 Å². The molecule has 0 radical (unpaired) electrons. The molecule has 6 rings (SSSR count). The summed E-state index contributed by atoms with van der Waals surface area (Å²) in [5, 5.41) is 0.431. The Labute approximate surface area is 133 Å². The van der Waals surface area contributed by atoms with Gasteiger partial charge in [0.25, 0.3) is 0 Å². The zero-order chi connectivity index (χ0) is 14.3. The highest BCUT2D eigenvalue weighted by molar-refractivity contribution is 7.99. The highest BCUT2D eigenvalue weighted by Gasteiger charge is 2.49. The van der Waals surface area contributed by atoms with Crippen LogP contribution in [0.25, 0.3) is 11.1 Å². The van der Waals surface area contributed by atoms with Gasteiger partial charge in [-0.1, -0.05) is 54.6 Å². The van der Waals surface area contributed by atoms with E-state index in [1.165, 1.54) is 34.4 Å². The molecule has 0 spiro atoms. The Hall–Kier alpha value is -2.00. The molecule has 3 unspecified atom stereocenters. The highest BCUT2D eigenvalue weighted by Crippen LogP contribution is 2.57. The lowest BCUT2D eigenvalue weighted by Gasteiger charge is -2.44. The molecule has 0 N–H and O–H groups in total. The van der Waals surface area contributed by atoms with Crippen LogP contribution >= 0.6 is 11.9 Å². The molecule has 22 heavy (non-hydrogen) atoms. The van der Waals surface area contributed by atoms with Gasteiger partial charge in [-0.25, -0.2) is 0 Å². The molecule has 2 nitrogen and oxygen atoms in total. The Morgan fingerprint density at radius 3 is 2.82 bits per heavy atom. The number of allylic oxidation sites excluding steroid dienone is 1. The SMILES string of the molecule is C1=CC2C(C1)c1cccc3c1N1C(=NSC21)c1ccccc1-3. The van der Waals surface area contributed by atoms with Crippen molar-refractivity contribution in [2.75, 3.05) is 4.90 Å². The van der Waals surface area contributed by atoms with E-state index in [-0.39, 0.29) is 0 Å². The number of nitrogens with zero attached hydrogens (tertiary/aromatic N) is 2. The van der Waals surface area contributed by atoms with Crippen LogP contribution in [0.3, 0.4) is 0 Å². The lowest BCUT2D eigenvalue weighted by Crippen LogP contribution is -2.46. The first kappa shape index (κ1) is 11.6. The standard InChI is InChI=1S/C19H14N2S/c1-2-6-15-11(5-1)13-8-4-9-14-12-7-3-10-16(12)19-21(17(13)14)18(15)20-22-19/h1-6,8-10,12,16,19H,7H2. The van der Waals surface area contributed by atoms with Gasteiger partial charge < -0.3 is 4.90 Å². The first-order valence-corrected chi connectivity index (χ1v) is 8.69. The quantitative estimate of drug-likeness (QED) is 0.523. The summed E-state index contributed by atoms with van der Waals surface area (Å²) in [6.07, 6.45) is 5.94. The third-order valence-corrected chi connectivity index (χ3v) is 6.46. The molecule has 2 aromatic carbocycles. The summed E-state index contributed by atoms with van der Waals surface area (Å²) in [6, 6.07) is 15.5. The first-order valence-electron chi connectivity index (χ1n) is 7.86. The zero-order valence-corrected chi connectivity index (χ0v) is 12.8. The second-order valence-corrected chi connectivity index (χ2v) is 7.29. The summed E-state index contributed by atoms with van der Waals surface area (Å²) in [4.78, 5) is 2.51. The van der Waals surface area contributed by atoms with E-state index in [1.54, 1.807) is 11.9 Å². The molecule has 3 aliphatic heterocycles. The fraction of sp³-hybridized carbons (Fsp3) is 0.211. The number of rotatable bonds is 0. The van der Waals surface area contributed by atoms with Gasteiger partial charge in [-0.15, -0.1) is 0 Å². The van der Waals surface area contributed by atoms with E-state index in [1.807, 2.05) is 0 Å². The molecule has 0 saturated carbocycles. The minimum Gasteiger partial charge on any atom is -0.309 e. The van der Waals surface area contributed by atoms with E-state index in [0.717, 1.165) is 5.84 Å². The summed E-state index contributed by atoms with van der Waals surface area (Å²) in [5.41, 5.74) is 6.92. The number of anilines is 1. The molecule has 3 heteroatoms.